The fourth-order valence-electron chi connectivity index (χ4n) is 3.15. The lowest BCUT2D eigenvalue weighted by atomic mass is 9.80. The largest absolute Gasteiger partial charge is 0.394 e. The lowest BCUT2D eigenvalue weighted by molar-refractivity contribution is -0.181. The predicted octanol–water partition coefficient (Wildman–Crippen LogP) is -1.32. The Hall–Kier alpha value is -2.05. The summed E-state index contributed by atoms with van der Waals surface area (Å²) in [6.07, 6.45) is -1.64. The van der Waals surface area contributed by atoms with E-state index in [1.807, 2.05) is 0 Å². The Morgan fingerprint density at radius 3 is 2.70 bits per heavy atom. The zero-order chi connectivity index (χ0) is 19.6. The molecule has 1 aliphatic heterocycles. The summed E-state index contributed by atoms with van der Waals surface area (Å²) in [7, 11) is 0. The maximum absolute atomic E-state index is 12.2. The second-order valence-electron chi connectivity index (χ2n) is 6.50. The van der Waals surface area contributed by atoms with Crippen molar-refractivity contribution in [2.75, 3.05) is 18.7 Å². The summed E-state index contributed by atoms with van der Waals surface area (Å²) >= 11 is 0. The van der Waals surface area contributed by atoms with E-state index >= 15 is 0 Å². The van der Waals surface area contributed by atoms with Gasteiger partial charge in [0.25, 0.3) is 0 Å². The SMILES string of the molecule is CCOC1(C(=O)ONc2ccn([C@@H]3O[C@H](CO)[C@@H](O)[C@H]3O)c(=O)n2)CCC1. The van der Waals surface area contributed by atoms with Gasteiger partial charge in [-0.1, -0.05) is 0 Å². The van der Waals surface area contributed by atoms with Crippen molar-refractivity contribution in [1.29, 1.82) is 0 Å². The molecular formula is C16H23N3O8. The Bertz CT molecular complexity index is 735. The van der Waals surface area contributed by atoms with E-state index in [0.717, 1.165) is 11.0 Å². The molecule has 2 aliphatic rings. The molecule has 0 aromatic carbocycles. The van der Waals surface area contributed by atoms with Crippen molar-refractivity contribution in [2.45, 2.75) is 56.3 Å². The highest BCUT2D eigenvalue weighted by Crippen LogP contribution is 2.36. The van der Waals surface area contributed by atoms with Gasteiger partial charge >= 0.3 is 11.7 Å². The lowest BCUT2D eigenvalue weighted by Gasteiger charge is -2.38. The fourth-order valence-corrected chi connectivity index (χ4v) is 3.15. The van der Waals surface area contributed by atoms with Crippen LogP contribution in [0.25, 0.3) is 0 Å². The Balaban J connectivity index is 1.65. The van der Waals surface area contributed by atoms with Crippen molar-refractivity contribution in [1.82, 2.24) is 9.55 Å². The first kappa shape index (κ1) is 19.7. The highest BCUT2D eigenvalue weighted by Gasteiger charge is 2.47. The monoisotopic (exact) mass is 385 g/mol. The van der Waals surface area contributed by atoms with Crippen LogP contribution >= 0.6 is 0 Å². The number of aliphatic hydroxyl groups is 3. The third-order valence-corrected chi connectivity index (χ3v) is 4.82. The highest BCUT2D eigenvalue weighted by molar-refractivity contribution is 5.81. The Labute approximate surface area is 154 Å². The molecule has 3 rings (SSSR count). The standard InChI is InChI=1S/C16H23N3O8/c1-2-25-16(5-3-6-16)14(23)27-18-10-4-7-19(15(24)17-10)13-12(22)11(21)9(8-20)26-13/h4,7,9,11-13,20-22H,2-3,5-6,8H2,1H3,(H,17,18,24)/t9-,11-,12-,13-/m1/s1. The Morgan fingerprint density at radius 1 is 1.44 bits per heavy atom. The first-order chi connectivity index (χ1) is 12.9. The van der Waals surface area contributed by atoms with Crippen molar-refractivity contribution >= 4 is 11.8 Å². The number of nitrogens with one attached hydrogen (secondary N) is 1. The van der Waals surface area contributed by atoms with Gasteiger partial charge in [-0.05, 0) is 26.2 Å². The van der Waals surface area contributed by atoms with Crippen LogP contribution in [0, 0.1) is 0 Å². The number of carbonyl (C=O) groups is 1. The minimum absolute atomic E-state index is 0.0117. The zero-order valence-electron chi connectivity index (χ0n) is 14.8. The molecule has 0 spiro atoms. The van der Waals surface area contributed by atoms with Crippen LogP contribution in [0.1, 0.15) is 32.4 Å². The minimum Gasteiger partial charge on any atom is -0.394 e. The van der Waals surface area contributed by atoms with Crippen molar-refractivity contribution < 1.29 is 34.4 Å². The Kier molecular flexibility index (Phi) is 5.77. The smallest absolute Gasteiger partial charge is 0.363 e. The molecule has 0 unspecified atom stereocenters. The minimum atomic E-state index is -1.40. The molecular weight excluding hydrogens is 362 g/mol. The number of aliphatic hydroxyl groups excluding tert-OH is 3. The molecule has 27 heavy (non-hydrogen) atoms. The van der Waals surface area contributed by atoms with Crippen molar-refractivity contribution in [2.24, 2.45) is 0 Å². The molecule has 1 saturated carbocycles. The quantitative estimate of drug-likeness (QED) is 0.416. The van der Waals surface area contributed by atoms with Gasteiger partial charge < -0.3 is 29.6 Å². The molecule has 2 fully saturated rings. The van der Waals surface area contributed by atoms with Gasteiger partial charge in [0.05, 0.1) is 6.61 Å². The summed E-state index contributed by atoms with van der Waals surface area (Å²) in [6.45, 7) is 1.67. The second kappa shape index (κ2) is 7.90. The normalized spacial score (nSPS) is 29.2. The van der Waals surface area contributed by atoms with E-state index in [9.17, 15) is 19.8 Å². The van der Waals surface area contributed by atoms with Crippen LogP contribution in [0.2, 0.25) is 0 Å². The maximum atomic E-state index is 12.2. The van der Waals surface area contributed by atoms with Gasteiger partial charge in [0.15, 0.2) is 17.6 Å². The molecule has 4 atom stereocenters. The van der Waals surface area contributed by atoms with Crippen molar-refractivity contribution in [3.8, 4) is 0 Å². The molecule has 1 aromatic heterocycles. The van der Waals surface area contributed by atoms with Gasteiger partial charge in [0, 0.05) is 18.9 Å². The van der Waals surface area contributed by atoms with Crippen molar-refractivity contribution in [3.63, 3.8) is 0 Å². The molecule has 150 valence electrons. The summed E-state index contributed by atoms with van der Waals surface area (Å²) in [5, 5.41) is 28.9. The first-order valence-corrected chi connectivity index (χ1v) is 8.75. The average Bonchev–Trinajstić information content (AvgIpc) is 2.91. The van der Waals surface area contributed by atoms with Gasteiger partial charge in [0.1, 0.15) is 18.3 Å². The molecule has 4 N–H and O–H groups in total. The fraction of sp³-hybridized carbons (Fsp3) is 0.688. The molecule has 0 radical (unpaired) electrons. The molecule has 11 heteroatoms. The summed E-state index contributed by atoms with van der Waals surface area (Å²) in [4.78, 5) is 33.1. The number of ether oxygens (including phenoxy) is 2. The number of hydrogen-bond acceptors (Lipinski definition) is 10. The van der Waals surface area contributed by atoms with E-state index in [2.05, 4.69) is 10.5 Å². The molecule has 0 bridgehead atoms. The van der Waals surface area contributed by atoms with Gasteiger partial charge in [-0.25, -0.2) is 15.1 Å². The van der Waals surface area contributed by atoms with Crippen LogP contribution < -0.4 is 11.2 Å². The Morgan fingerprint density at radius 2 is 2.19 bits per heavy atom. The van der Waals surface area contributed by atoms with Crippen LogP contribution in [0.4, 0.5) is 5.82 Å². The number of rotatable bonds is 7. The molecule has 1 aromatic rings. The summed E-state index contributed by atoms with van der Waals surface area (Å²) < 4.78 is 11.7. The van der Waals surface area contributed by atoms with Gasteiger partial charge in [-0.3, -0.25) is 4.57 Å². The van der Waals surface area contributed by atoms with Crippen molar-refractivity contribution in [3.05, 3.63) is 22.7 Å². The third-order valence-electron chi connectivity index (χ3n) is 4.82. The second-order valence-corrected chi connectivity index (χ2v) is 6.50. The van der Waals surface area contributed by atoms with Crippen LogP contribution in [0.3, 0.4) is 0 Å². The van der Waals surface area contributed by atoms with E-state index in [4.69, 9.17) is 19.4 Å². The summed E-state index contributed by atoms with van der Waals surface area (Å²) in [6, 6.07) is 1.34. The van der Waals surface area contributed by atoms with Gasteiger partial charge in [-0.15, -0.1) is 0 Å². The van der Waals surface area contributed by atoms with Crippen LogP contribution in [-0.2, 0) is 19.1 Å². The van der Waals surface area contributed by atoms with Crippen LogP contribution in [0.15, 0.2) is 17.1 Å². The van der Waals surface area contributed by atoms with E-state index in [0.29, 0.717) is 19.4 Å². The predicted molar refractivity (Wildman–Crippen MR) is 89.4 cm³/mol. The van der Waals surface area contributed by atoms with Crippen LogP contribution in [0.5, 0.6) is 0 Å². The van der Waals surface area contributed by atoms with Crippen LogP contribution in [-0.4, -0.2) is 68.0 Å². The third kappa shape index (κ3) is 3.69. The number of aromatic nitrogens is 2. The topological polar surface area (TPSA) is 152 Å². The molecule has 0 amide bonds. The molecule has 11 nitrogen and oxygen atoms in total. The van der Waals surface area contributed by atoms with Gasteiger partial charge in [0.2, 0.25) is 0 Å². The molecule has 2 heterocycles. The number of carbonyl (C=O) groups excluding carboxylic acids is 1. The van der Waals surface area contributed by atoms with Gasteiger partial charge in [-0.2, -0.15) is 4.98 Å². The molecule has 1 aliphatic carbocycles. The van der Waals surface area contributed by atoms with E-state index in [1.165, 1.54) is 12.3 Å². The average molecular weight is 385 g/mol. The number of hydrogen-bond donors (Lipinski definition) is 4. The van der Waals surface area contributed by atoms with E-state index < -0.39 is 48.4 Å². The lowest BCUT2D eigenvalue weighted by Crippen LogP contribution is -2.49. The van der Waals surface area contributed by atoms with E-state index in [1.54, 1.807) is 6.92 Å². The molecule has 1 saturated heterocycles. The number of anilines is 1. The highest BCUT2D eigenvalue weighted by atomic mass is 16.7. The first-order valence-electron chi connectivity index (χ1n) is 8.75. The number of nitrogens with zero attached hydrogens (tertiary/aromatic N) is 2. The summed E-state index contributed by atoms with van der Waals surface area (Å²) in [5.74, 6) is -0.590. The zero-order valence-corrected chi connectivity index (χ0v) is 14.8. The summed E-state index contributed by atoms with van der Waals surface area (Å²) in [5.41, 5.74) is 0.581. The maximum Gasteiger partial charge on any atom is 0.363 e. The van der Waals surface area contributed by atoms with E-state index in [-0.39, 0.29) is 5.82 Å².